The molecule has 3 heterocycles. The molecule has 1 amide bonds. The van der Waals surface area contributed by atoms with E-state index in [-0.39, 0.29) is 12.5 Å². The van der Waals surface area contributed by atoms with Crippen LogP contribution < -0.4 is 5.32 Å². The summed E-state index contributed by atoms with van der Waals surface area (Å²) in [5.41, 5.74) is 6.64. The fourth-order valence-electron chi connectivity index (χ4n) is 3.80. The van der Waals surface area contributed by atoms with Gasteiger partial charge in [-0.1, -0.05) is 18.2 Å². The summed E-state index contributed by atoms with van der Waals surface area (Å²) in [6.45, 7) is 1.90. The van der Waals surface area contributed by atoms with Crippen LogP contribution in [0.25, 0.3) is 33.5 Å². The zero-order chi connectivity index (χ0) is 23.5. The number of carbonyl (C=O) groups excluding carboxylic acids is 1. The lowest BCUT2D eigenvalue weighted by molar-refractivity contribution is -0.116. The maximum absolute atomic E-state index is 12.9. The molecule has 0 bridgehead atoms. The third kappa shape index (κ3) is 4.23. The van der Waals surface area contributed by atoms with Crippen LogP contribution in [-0.4, -0.2) is 30.6 Å². The zero-order valence-electron chi connectivity index (χ0n) is 18.3. The smallest absolute Gasteiger partial charge is 0.246 e. The van der Waals surface area contributed by atoms with Crippen molar-refractivity contribution in [3.63, 3.8) is 0 Å². The van der Waals surface area contributed by atoms with Crippen LogP contribution in [0.1, 0.15) is 11.3 Å². The topological polar surface area (TPSA) is 109 Å². The molecule has 0 radical (unpaired) electrons. The van der Waals surface area contributed by atoms with Gasteiger partial charge in [0.15, 0.2) is 0 Å². The Bertz CT molecular complexity index is 1570. The van der Waals surface area contributed by atoms with E-state index in [0.717, 1.165) is 33.5 Å². The molecule has 0 aliphatic rings. The minimum atomic E-state index is -0.261. The molecule has 5 rings (SSSR count). The SMILES string of the molecule is Cc1cccc(-c2c(-c3ccc4nccnc4c3)cnn2CC(=O)Nc2cccc(C#N)c2)n1. The summed E-state index contributed by atoms with van der Waals surface area (Å²) in [4.78, 5) is 26.3. The van der Waals surface area contributed by atoms with E-state index in [9.17, 15) is 4.79 Å². The highest BCUT2D eigenvalue weighted by molar-refractivity contribution is 5.92. The molecule has 0 saturated heterocycles. The summed E-state index contributed by atoms with van der Waals surface area (Å²) in [6, 6.07) is 20.4. The number of carbonyl (C=O) groups is 1. The predicted octanol–water partition coefficient (Wildman–Crippen LogP) is 4.37. The quantitative estimate of drug-likeness (QED) is 0.430. The first-order valence-electron chi connectivity index (χ1n) is 10.6. The Morgan fingerprint density at radius 2 is 1.85 bits per heavy atom. The number of hydrogen-bond acceptors (Lipinski definition) is 6. The van der Waals surface area contributed by atoms with Gasteiger partial charge in [-0.15, -0.1) is 0 Å². The highest BCUT2D eigenvalue weighted by Gasteiger charge is 2.19. The van der Waals surface area contributed by atoms with E-state index in [2.05, 4.69) is 31.4 Å². The van der Waals surface area contributed by atoms with Gasteiger partial charge in [-0.05, 0) is 55.0 Å². The third-order valence-electron chi connectivity index (χ3n) is 5.32. The molecule has 0 aliphatic carbocycles. The molecule has 0 unspecified atom stereocenters. The van der Waals surface area contributed by atoms with Crippen LogP contribution in [0.4, 0.5) is 5.69 Å². The summed E-state index contributed by atoms with van der Waals surface area (Å²) >= 11 is 0. The van der Waals surface area contributed by atoms with E-state index in [1.807, 2.05) is 43.3 Å². The Kier molecular flexibility index (Phi) is 5.50. The van der Waals surface area contributed by atoms with E-state index >= 15 is 0 Å². The van der Waals surface area contributed by atoms with E-state index in [0.29, 0.717) is 16.9 Å². The molecule has 0 spiro atoms. The Morgan fingerprint density at radius 3 is 2.68 bits per heavy atom. The van der Waals surface area contributed by atoms with E-state index in [4.69, 9.17) is 5.26 Å². The third-order valence-corrected chi connectivity index (χ3v) is 5.32. The minimum absolute atomic E-state index is 0.0187. The summed E-state index contributed by atoms with van der Waals surface area (Å²) in [6.07, 6.45) is 5.05. The van der Waals surface area contributed by atoms with Crippen molar-refractivity contribution in [3.8, 4) is 28.6 Å². The largest absolute Gasteiger partial charge is 0.324 e. The Morgan fingerprint density at radius 1 is 1.03 bits per heavy atom. The van der Waals surface area contributed by atoms with Crippen molar-refractivity contribution in [1.82, 2.24) is 24.7 Å². The number of hydrogen-bond donors (Lipinski definition) is 1. The van der Waals surface area contributed by atoms with Gasteiger partial charge in [0, 0.05) is 29.3 Å². The zero-order valence-corrected chi connectivity index (χ0v) is 18.3. The van der Waals surface area contributed by atoms with Gasteiger partial charge >= 0.3 is 0 Å². The number of nitriles is 1. The van der Waals surface area contributed by atoms with Crippen molar-refractivity contribution < 1.29 is 4.79 Å². The van der Waals surface area contributed by atoms with Gasteiger partial charge in [0.2, 0.25) is 5.91 Å². The fourth-order valence-corrected chi connectivity index (χ4v) is 3.80. The van der Waals surface area contributed by atoms with Crippen molar-refractivity contribution in [1.29, 1.82) is 5.26 Å². The number of benzene rings is 2. The molecule has 8 heteroatoms. The van der Waals surface area contributed by atoms with Crippen LogP contribution in [-0.2, 0) is 11.3 Å². The number of nitrogens with one attached hydrogen (secondary N) is 1. The van der Waals surface area contributed by atoms with Crippen molar-refractivity contribution >= 4 is 22.6 Å². The van der Waals surface area contributed by atoms with Gasteiger partial charge in [0.05, 0.1) is 40.3 Å². The van der Waals surface area contributed by atoms with Gasteiger partial charge in [0.25, 0.3) is 0 Å². The number of aryl methyl sites for hydroxylation is 1. The first-order valence-corrected chi connectivity index (χ1v) is 10.6. The average molecular weight is 445 g/mol. The summed E-state index contributed by atoms with van der Waals surface area (Å²) in [7, 11) is 0. The van der Waals surface area contributed by atoms with Gasteiger partial charge in [-0.2, -0.15) is 10.4 Å². The van der Waals surface area contributed by atoms with Crippen LogP contribution in [0, 0.1) is 18.3 Å². The van der Waals surface area contributed by atoms with Crippen LogP contribution >= 0.6 is 0 Å². The van der Waals surface area contributed by atoms with Crippen molar-refractivity contribution in [2.75, 3.05) is 5.32 Å². The molecule has 0 fully saturated rings. The Hall–Kier alpha value is -4.90. The Balaban J connectivity index is 1.54. The van der Waals surface area contributed by atoms with Crippen LogP contribution in [0.5, 0.6) is 0 Å². The molecule has 1 N–H and O–H groups in total. The van der Waals surface area contributed by atoms with E-state index in [1.54, 1.807) is 47.5 Å². The molecular weight excluding hydrogens is 426 g/mol. The molecule has 5 aromatic rings. The van der Waals surface area contributed by atoms with Gasteiger partial charge in [-0.25, -0.2) is 0 Å². The molecule has 0 aliphatic heterocycles. The summed E-state index contributed by atoms with van der Waals surface area (Å²) in [5.74, 6) is -0.261. The number of aromatic nitrogens is 5. The summed E-state index contributed by atoms with van der Waals surface area (Å²) < 4.78 is 1.64. The standard InChI is InChI=1S/C26H19N7O/c1-17-4-2-7-23(31-17)26-21(19-8-9-22-24(13-19)29-11-10-28-22)15-30-33(26)16-25(34)32-20-6-3-5-18(12-20)14-27/h2-13,15H,16H2,1H3,(H,32,34). The lowest BCUT2D eigenvalue weighted by Crippen LogP contribution is -2.20. The number of amides is 1. The molecule has 8 nitrogen and oxygen atoms in total. The molecule has 34 heavy (non-hydrogen) atoms. The monoisotopic (exact) mass is 445 g/mol. The fraction of sp³-hybridized carbons (Fsp3) is 0.0769. The molecule has 3 aromatic heterocycles. The second-order valence-electron chi connectivity index (χ2n) is 7.73. The lowest BCUT2D eigenvalue weighted by atomic mass is 10.0. The van der Waals surface area contributed by atoms with E-state index < -0.39 is 0 Å². The van der Waals surface area contributed by atoms with Gasteiger partial charge < -0.3 is 5.32 Å². The maximum Gasteiger partial charge on any atom is 0.246 e. The molecular formula is C26H19N7O. The molecule has 0 saturated carbocycles. The highest BCUT2D eigenvalue weighted by Crippen LogP contribution is 2.32. The second kappa shape index (κ2) is 8.92. The number of pyridine rings is 1. The van der Waals surface area contributed by atoms with Crippen molar-refractivity contribution in [2.24, 2.45) is 0 Å². The van der Waals surface area contributed by atoms with Crippen molar-refractivity contribution in [3.05, 3.63) is 90.5 Å². The normalized spacial score (nSPS) is 10.7. The maximum atomic E-state index is 12.9. The summed E-state index contributed by atoms with van der Waals surface area (Å²) in [5, 5.41) is 16.5. The van der Waals surface area contributed by atoms with Crippen LogP contribution in [0.2, 0.25) is 0 Å². The predicted molar refractivity (Wildman–Crippen MR) is 129 cm³/mol. The molecule has 2 aromatic carbocycles. The number of fused-ring (bicyclic) bond motifs is 1. The average Bonchev–Trinajstić information content (AvgIpc) is 3.27. The molecule has 164 valence electrons. The van der Waals surface area contributed by atoms with Crippen molar-refractivity contribution in [2.45, 2.75) is 13.5 Å². The number of nitrogens with zero attached hydrogens (tertiary/aromatic N) is 6. The lowest BCUT2D eigenvalue weighted by Gasteiger charge is -2.11. The number of rotatable bonds is 5. The van der Waals surface area contributed by atoms with Crippen LogP contribution in [0.3, 0.4) is 0 Å². The first-order chi connectivity index (χ1) is 16.6. The number of anilines is 1. The van der Waals surface area contributed by atoms with E-state index in [1.165, 1.54) is 0 Å². The Labute approximate surface area is 195 Å². The van der Waals surface area contributed by atoms with Gasteiger partial charge in [-0.3, -0.25) is 24.4 Å². The molecule has 0 atom stereocenters. The van der Waals surface area contributed by atoms with Gasteiger partial charge in [0.1, 0.15) is 6.54 Å². The minimum Gasteiger partial charge on any atom is -0.324 e. The second-order valence-corrected chi connectivity index (χ2v) is 7.73. The van der Waals surface area contributed by atoms with Crippen LogP contribution in [0.15, 0.2) is 79.3 Å². The highest BCUT2D eigenvalue weighted by atomic mass is 16.2. The first kappa shape index (κ1) is 21.0.